The van der Waals surface area contributed by atoms with Gasteiger partial charge in [0.25, 0.3) is 0 Å². The molecule has 0 atom stereocenters. The average Bonchev–Trinajstić information content (AvgIpc) is 2.60. The molecule has 0 aliphatic carbocycles. The van der Waals surface area contributed by atoms with Gasteiger partial charge >= 0.3 is 0 Å². The van der Waals surface area contributed by atoms with E-state index in [9.17, 15) is 9.59 Å². The summed E-state index contributed by atoms with van der Waals surface area (Å²) in [7, 11) is 0. The molecule has 0 bridgehead atoms. The Morgan fingerprint density at radius 1 is 1.20 bits per heavy atom. The van der Waals surface area contributed by atoms with E-state index in [0.717, 1.165) is 12.8 Å². The zero-order chi connectivity index (χ0) is 18.3. The number of carbonyl (C=O) groups excluding carboxylic acids is 2. The van der Waals surface area contributed by atoms with Crippen LogP contribution >= 0.6 is 0 Å². The fraction of sp³-hybridized carbons (Fsp3) is 0.579. The lowest BCUT2D eigenvalue weighted by Crippen LogP contribution is -2.49. The van der Waals surface area contributed by atoms with Crippen LogP contribution in [-0.2, 0) is 19.7 Å². The topological polar surface area (TPSA) is 84.7 Å². The van der Waals surface area contributed by atoms with E-state index in [2.05, 4.69) is 17.4 Å². The van der Waals surface area contributed by atoms with Crippen LogP contribution in [0, 0.1) is 0 Å². The summed E-state index contributed by atoms with van der Waals surface area (Å²) in [6, 6.07) is 10.4. The summed E-state index contributed by atoms with van der Waals surface area (Å²) in [5, 5.41) is 3.06. The van der Waals surface area contributed by atoms with E-state index in [1.54, 1.807) is 4.90 Å². The molecule has 0 spiro atoms. The second kappa shape index (κ2) is 8.97. The second-order valence-electron chi connectivity index (χ2n) is 7.00. The van der Waals surface area contributed by atoms with Crippen molar-refractivity contribution in [3.05, 3.63) is 35.9 Å². The summed E-state index contributed by atoms with van der Waals surface area (Å²) >= 11 is 0. The Kier molecular flexibility index (Phi) is 6.96. The van der Waals surface area contributed by atoms with Crippen molar-refractivity contribution in [1.82, 2.24) is 10.2 Å². The molecule has 6 heteroatoms. The first-order valence-corrected chi connectivity index (χ1v) is 8.85. The number of nitrogens with zero attached hydrogens (tertiary/aromatic N) is 1. The first kappa shape index (κ1) is 19.4. The van der Waals surface area contributed by atoms with Gasteiger partial charge in [0.1, 0.15) is 0 Å². The van der Waals surface area contributed by atoms with Gasteiger partial charge in [0.15, 0.2) is 0 Å². The van der Waals surface area contributed by atoms with Crippen molar-refractivity contribution in [2.24, 2.45) is 5.73 Å². The molecule has 1 aliphatic rings. The number of carbonyl (C=O) groups is 2. The van der Waals surface area contributed by atoms with Crippen molar-refractivity contribution in [1.29, 1.82) is 0 Å². The Balaban J connectivity index is 2.00. The highest BCUT2D eigenvalue weighted by Gasteiger charge is 2.34. The maximum atomic E-state index is 12.4. The molecule has 0 saturated carbocycles. The van der Waals surface area contributed by atoms with E-state index in [0.29, 0.717) is 19.8 Å². The monoisotopic (exact) mass is 347 g/mol. The number of rotatable bonds is 8. The molecule has 0 unspecified atom stereocenters. The molecule has 1 aliphatic heterocycles. The smallest absolute Gasteiger partial charge is 0.234 e. The number of nitrogens with two attached hydrogens (primary N) is 1. The lowest BCUT2D eigenvalue weighted by Gasteiger charge is -2.38. The number of ether oxygens (including phenoxy) is 1. The van der Waals surface area contributed by atoms with Gasteiger partial charge in [-0.05, 0) is 32.3 Å². The molecular weight excluding hydrogens is 318 g/mol. The Bertz CT molecular complexity index is 569. The highest BCUT2D eigenvalue weighted by molar-refractivity contribution is 5.80. The molecule has 1 saturated heterocycles. The summed E-state index contributed by atoms with van der Waals surface area (Å²) < 4.78 is 5.52. The van der Waals surface area contributed by atoms with E-state index < -0.39 is 5.91 Å². The van der Waals surface area contributed by atoms with Crippen molar-refractivity contribution < 1.29 is 14.3 Å². The van der Waals surface area contributed by atoms with Crippen LogP contribution in [-0.4, -0.2) is 55.6 Å². The molecule has 1 fully saturated rings. The van der Waals surface area contributed by atoms with Crippen LogP contribution in [0.15, 0.2) is 30.3 Å². The standard InChI is InChI=1S/C19H29N3O3/c1-15(2)22(12-17(20)23)13-18(24)21-14-19(8-10-25-11-9-19)16-6-4-3-5-7-16/h3-7,15H,8-14H2,1-2H3,(H2,20,23)(H,21,24). The molecule has 1 aromatic carbocycles. The Morgan fingerprint density at radius 3 is 2.40 bits per heavy atom. The van der Waals surface area contributed by atoms with Crippen molar-refractivity contribution >= 4 is 11.8 Å². The number of primary amides is 1. The van der Waals surface area contributed by atoms with Gasteiger partial charge in [-0.25, -0.2) is 0 Å². The number of amides is 2. The third-order valence-electron chi connectivity index (χ3n) is 4.90. The third kappa shape index (κ3) is 5.54. The van der Waals surface area contributed by atoms with Crippen LogP contribution in [0.5, 0.6) is 0 Å². The fourth-order valence-corrected chi connectivity index (χ4v) is 3.25. The van der Waals surface area contributed by atoms with Crippen LogP contribution in [0.25, 0.3) is 0 Å². The quantitative estimate of drug-likeness (QED) is 0.736. The minimum atomic E-state index is -0.424. The van der Waals surface area contributed by atoms with Gasteiger partial charge in [-0.15, -0.1) is 0 Å². The molecule has 0 aromatic heterocycles. The second-order valence-corrected chi connectivity index (χ2v) is 7.00. The largest absolute Gasteiger partial charge is 0.381 e. The Labute approximate surface area is 149 Å². The van der Waals surface area contributed by atoms with Crippen LogP contribution in [0.2, 0.25) is 0 Å². The zero-order valence-corrected chi connectivity index (χ0v) is 15.2. The molecule has 0 radical (unpaired) electrons. The van der Waals surface area contributed by atoms with Crippen LogP contribution in [0.4, 0.5) is 0 Å². The summed E-state index contributed by atoms with van der Waals surface area (Å²) in [5.74, 6) is -0.511. The summed E-state index contributed by atoms with van der Waals surface area (Å²) in [6.45, 7) is 6.11. The summed E-state index contributed by atoms with van der Waals surface area (Å²) in [4.78, 5) is 25.4. The minimum absolute atomic E-state index is 0.0735. The number of hydrogen-bond donors (Lipinski definition) is 2. The van der Waals surface area contributed by atoms with Crippen molar-refractivity contribution in [2.45, 2.75) is 38.1 Å². The summed E-state index contributed by atoms with van der Waals surface area (Å²) in [5.41, 5.74) is 6.41. The van der Waals surface area contributed by atoms with E-state index >= 15 is 0 Å². The zero-order valence-electron chi connectivity index (χ0n) is 15.2. The highest BCUT2D eigenvalue weighted by atomic mass is 16.5. The van der Waals surface area contributed by atoms with Crippen LogP contribution in [0.3, 0.4) is 0 Å². The number of nitrogens with one attached hydrogen (secondary N) is 1. The van der Waals surface area contributed by atoms with Gasteiger partial charge in [0.05, 0.1) is 13.1 Å². The lowest BCUT2D eigenvalue weighted by atomic mass is 9.74. The van der Waals surface area contributed by atoms with Gasteiger partial charge in [-0.3, -0.25) is 14.5 Å². The Morgan fingerprint density at radius 2 is 1.84 bits per heavy atom. The van der Waals surface area contributed by atoms with E-state index in [1.807, 2.05) is 32.0 Å². The molecule has 1 heterocycles. The number of hydrogen-bond acceptors (Lipinski definition) is 4. The molecular formula is C19H29N3O3. The first-order chi connectivity index (χ1) is 11.9. The van der Waals surface area contributed by atoms with Crippen molar-refractivity contribution in [2.75, 3.05) is 32.8 Å². The maximum absolute atomic E-state index is 12.4. The predicted octanol–water partition coefficient (Wildman–Crippen LogP) is 1.05. The van der Waals surface area contributed by atoms with Gasteiger partial charge in [-0.2, -0.15) is 0 Å². The lowest BCUT2D eigenvalue weighted by molar-refractivity contribution is -0.125. The molecule has 138 valence electrons. The average molecular weight is 347 g/mol. The van der Waals surface area contributed by atoms with E-state index in [-0.39, 0.29) is 30.5 Å². The Hall–Kier alpha value is -1.92. The normalized spacial score (nSPS) is 16.8. The van der Waals surface area contributed by atoms with Crippen molar-refractivity contribution in [3.8, 4) is 0 Å². The molecule has 2 rings (SSSR count). The molecule has 25 heavy (non-hydrogen) atoms. The third-order valence-corrected chi connectivity index (χ3v) is 4.90. The fourth-order valence-electron chi connectivity index (χ4n) is 3.25. The number of benzene rings is 1. The summed E-state index contributed by atoms with van der Waals surface area (Å²) in [6.07, 6.45) is 1.76. The maximum Gasteiger partial charge on any atom is 0.234 e. The van der Waals surface area contributed by atoms with E-state index in [4.69, 9.17) is 10.5 Å². The van der Waals surface area contributed by atoms with Gasteiger partial charge < -0.3 is 15.8 Å². The minimum Gasteiger partial charge on any atom is -0.381 e. The molecule has 6 nitrogen and oxygen atoms in total. The SMILES string of the molecule is CC(C)N(CC(N)=O)CC(=O)NCC1(c2ccccc2)CCOCC1. The van der Waals surface area contributed by atoms with Crippen LogP contribution in [0.1, 0.15) is 32.3 Å². The molecule has 2 amide bonds. The van der Waals surface area contributed by atoms with Crippen molar-refractivity contribution in [3.63, 3.8) is 0 Å². The highest BCUT2D eigenvalue weighted by Crippen LogP contribution is 2.34. The van der Waals surface area contributed by atoms with Gasteiger partial charge in [0.2, 0.25) is 11.8 Å². The van der Waals surface area contributed by atoms with E-state index in [1.165, 1.54) is 5.56 Å². The first-order valence-electron chi connectivity index (χ1n) is 8.85. The van der Waals surface area contributed by atoms with Gasteiger partial charge in [-0.1, -0.05) is 30.3 Å². The molecule has 3 N–H and O–H groups in total. The molecule has 1 aromatic rings. The van der Waals surface area contributed by atoms with Gasteiger partial charge in [0, 0.05) is 31.2 Å². The predicted molar refractivity (Wildman–Crippen MR) is 97.1 cm³/mol. The van der Waals surface area contributed by atoms with Crippen LogP contribution < -0.4 is 11.1 Å².